The molecule has 2 aliphatic rings. The van der Waals surface area contributed by atoms with Crippen molar-refractivity contribution in [3.05, 3.63) is 84.1 Å². The number of hydrogen-bond donors (Lipinski definition) is 29. The average Bonchev–Trinajstić information content (AvgIpc) is 1.73. The van der Waals surface area contributed by atoms with Gasteiger partial charge in [0.1, 0.15) is 102 Å². The van der Waals surface area contributed by atoms with Crippen LogP contribution < -0.4 is 119 Å². The number of carboxylic acid groups (broad SMARTS) is 1. The van der Waals surface area contributed by atoms with Crippen LogP contribution >= 0.6 is 0 Å². The minimum Gasteiger partial charge on any atom is -0.508 e. The Morgan fingerprint density at radius 2 is 1.14 bits per heavy atom. The Kier molecular flexibility index (Phi) is 48.6. The molecule has 4 heterocycles. The average molecular weight is 2050 g/mol. The van der Waals surface area contributed by atoms with Crippen LogP contribution in [0.15, 0.2) is 67.3 Å². The molecule has 6 rings (SSSR count). The lowest BCUT2D eigenvalue weighted by molar-refractivity contribution is -0.149. The van der Waals surface area contributed by atoms with E-state index in [-0.39, 0.29) is 75.5 Å². The number of hydrogen-bond acceptors (Lipinski definition) is 27. The molecule has 20 amide bonds. The maximum absolute atomic E-state index is 15.5. The van der Waals surface area contributed by atoms with Gasteiger partial charge >= 0.3 is 5.97 Å². The fourth-order valence-corrected chi connectivity index (χ4v) is 16.0. The molecule has 2 aromatic carbocycles. The first-order chi connectivity index (χ1) is 69.1. The van der Waals surface area contributed by atoms with Crippen molar-refractivity contribution >= 4 is 141 Å². The summed E-state index contributed by atoms with van der Waals surface area (Å²) in [5.41, 5.74) is 23.9. The van der Waals surface area contributed by atoms with Gasteiger partial charge < -0.3 is 154 Å². The van der Waals surface area contributed by atoms with E-state index in [1.165, 1.54) is 75.6 Å². The minimum atomic E-state index is -1.99. The SMILES string of the molecule is CC[C@H](C)[C@H](NC(=O)[C@@H](NC(=O)[C@H](CC(N)=O)NC(=O)[C@H](CO)NC(=O)[C@H](Cc1cnc[nH]1)NC(=O)CNC(=O)[C@@H](NC(=O)[C@H](Cc1c[nH]c2ccccc12)NC(=O)[C@@H]1CCC(=O)NCC(=O)NC(CO)C(=O)N[C@@H](CCC(N)=O)C(=O)NC(CC(C)C)C(=O)N[C@@H](C(C)C)C(=O)N[C@@H](Cc2ccc(O)cc2)C(=O)N[C@@H](CCCNC(=N)N)C(=O)N1)C(C)C)C(C)C)C(=O)N[C@@H](CCCCN)C(=O)N1CCC[C@H]1C(=O)O. The molecule has 4 aromatic rings. The zero-order valence-electron chi connectivity index (χ0n) is 83.5. The fourth-order valence-electron chi connectivity index (χ4n) is 16.0. The molecule has 0 saturated carbocycles. The number of fused-ring (bicyclic) bond motifs is 1. The number of unbranched alkanes of at least 4 members (excludes halogenated alkanes) is 1. The van der Waals surface area contributed by atoms with Gasteiger partial charge in [-0.1, -0.05) is 106 Å². The van der Waals surface area contributed by atoms with Crippen LogP contribution in [0, 0.1) is 35.0 Å². The lowest BCUT2D eigenvalue weighted by Gasteiger charge is -2.31. The maximum atomic E-state index is 15.5. The number of aromatic hydroxyl groups is 1. The van der Waals surface area contributed by atoms with Crippen LogP contribution in [-0.4, -0.2) is 313 Å². The van der Waals surface area contributed by atoms with Crippen molar-refractivity contribution in [1.82, 2.24) is 116 Å². The molecule has 0 aliphatic carbocycles. The number of H-pyrrole nitrogens is 2. The Hall–Kier alpha value is -15.0. The molecule has 2 fully saturated rings. The molecule has 0 bridgehead atoms. The molecule has 33 N–H and O–H groups in total. The standard InChI is InChI=1S/C94H143N27O25/c1-11-50(10)77(91(143)111-60(20-14-15-31-95)92(144)121-33-17-22-68(121)93(145)146)120-90(142)76(49(8)9)119-85(137)65(38-70(97)126)114-87(139)67(44-123)116-82(134)64(37-53-40-100-45-105-53)106-73(129)42-104-88(140)74(47(4)5)117-84(136)63(36-52-39-102-56-19-13-12-18-55(52)56)113-80(132)59-28-30-71(127)103-41-72(128)107-66(43-122)86(138)110-58(27-29-69(96)125)79(131)112-61(34-46(2)3)83(135)118-75(48(6)7)89(141)115-62(35-51-23-25-54(124)26-24-51)81(133)108-57(78(130)109-59)21-16-32-101-94(98)99/h12-13,18-19,23-26,39-40,45-50,57-68,74-77,102,122-124H,11,14-17,20-22,27-38,41-44,95H2,1-10H3,(H2,96,125)(H2,97,126)(H,100,105)(H,103,127)(H,104,140)(H,106,129)(H,107,128)(H,108,133)(H,109,130)(H,110,138)(H,111,143)(H,112,131)(H,113,132)(H,114,139)(H,115,141)(H,116,134)(H,117,136)(H,118,135)(H,119,137)(H,120,142)(H,145,146)(H4,98,99,101)/t50-,57-,58-,59-,60-,61?,62-,63-,64-,65-,66?,67-,68-,74-,75-,76-,77-/m0/s1. The fraction of sp³-hybridized carbons (Fsp3) is 0.585. The van der Waals surface area contributed by atoms with Crippen LogP contribution in [0.1, 0.15) is 176 Å². The van der Waals surface area contributed by atoms with Crippen molar-refractivity contribution in [3.63, 3.8) is 0 Å². The second kappa shape index (κ2) is 59.3. The van der Waals surface area contributed by atoms with Crippen LogP contribution in [0.5, 0.6) is 5.75 Å². The molecule has 2 aromatic heterocycles. The summed E-state index contributed by atoms with van der Waals surface area (Å²) in [7, 11) is 0. The quantitative estimate of drug-likeness (QED) is 0.0111. The molecule has 2 saturated heterocycles. The smallest absolute Gasteiger partial charge is 0.326 e. The Balaban J connectivity index is 1.28. The highest BCUT2D eigenvalue weighted by Crippen LogP contribution is 2.24. The van der Waals surface area contributed by atoms with Crippen molar-refractivity contribution < 1.29 is 121 Å². The van der Waals surface area contributed by atoms with E-state index >= 15 is 19.2 Å². The molecular formula is C94H143N27O25. The molecule has 0 radical (unpaired) electrons. The van der Waals surface area contributed by atoms with E-state index in [1.54, 1.807) is 65.8 Å². The van der Waals surface area contributed by atoms with Crippen LogP contribution in [-0.2, 0) is 120 Å². The van der Waals surface area contributed by atoms with Crippen molar-refractivity contribution in [2.24, 2.45) is 52.5 Å². The van der Waals surface area contributed by atoms with Crippen LogP contribution in [0.25, 0.3) is 10.9 Å². The van der Waals surface area contributed by atoms with Crippen LogP contribution in [0.2, 0.25) is 0 Å². The Labute approximate surface area is 842 Å². The molecule has 52 nitrogen and oxygen atoms in total. The largest absolute Gasteiger partial charge is 0.508 e. The number of aromatic nitrogens is 3. The first-order valence-corrected chi connectivity index (χ1v) is 48.5. The summed E-state index contributed by atoms with van der Waals surface area (Å²) in [6, 6.07) is -13.8. The van der Waals surface area contributed by atoms with E-state index in [0.29, 0.717) is 47.7 Å². The summed E-state index contributed by atoms with van der Waals surface area (Å²) >= 11 is 0. The number of amides is 20. The zero-order valence-corrected chi connectivity index (χ0v) is 83.5. The first-order valence-electron chi connectivity index (χ1n) is 48.5. The highest BCUT2D eigenvalue weighted by atomic mass is 16.4. The number of aliphatic carboxylic acids is 1. The van der Waals surface area contributed by atoms with Crippen molar-refractivity contribution in [2.45, 2.75) is 275 Å². The van der Waals surface area contributed by atoms with Crippen LogP contribution in [0.3, 0.4) is 0 Å². The van der Waals surface area contributed by atoms with Crippen molar-refractivity contribution in [2.75, 3.05) is 45.9 Å². The van der Waals surface area contributed by atoms with Gasteiger partial charge in [0.2, 0.25) is 118 Å². The Morgan fingerprint density at radius 3 is 1.74 bits per heavy atom. The highest BCUT2D eigenvalue weighted by molar-refractivity contribution is 6.03. The van der Waals surface area contributed by atoms with Gasteiger partial charge in [0, 0.05) is 74.2 Å². The number of phenolic OH excluding ortho intramolecular Hbond substituents is 1. The molecule has 804 valence electrons. The normalized spacial score (nSPS) is 20.0. The van der Waals surface area contributed by atoms with Gasteiger partial charge in [-0.05, 0) is 130 Å². The number of rotatable bonds is 48. The lowest BCUT2D eigenvalue weighted by atomic mass is 9.95. The molecule has 2 aliphatic heterocycles. The van der Waals surface area contributed by atoms with E-state index in [1.807, 2.05) is 0 Å². The highest BCUT2D eigenvalue weighted by Gasteiger charge is 2.44. The summed E-state index contributed by atoms with van der Waals surface area (Å²) in [6.07, 6.45) is 0.734. The number of nitrogens with two attached hydrogens (primary N) is 4. The predicted molar refractivity (Wildman–Crippen MR) is 525 cm³/mol. The number of benzene rings is 2. The van der Waals surface area contributed by atoms with Gasteiger partial charge in [-0.15, -0.1) is 0 Å². The van der Waals surface area contributed by atoms with E-state index < -0.39 is 322 Å². The number of aromatic amines is 2. The molecule has 52 heteroatoms. The number of likely N-dealkylation sites (tertiary alicyclic amines) is 1. The third-order valence-corrected chi connectivity index (χ3v) is 24.4. The van der Waals surface area contributed by atoms with E-state index in [0.717, 1.165) is 0 Å². The summed E-state index contributed by atoms with van der Waals surface area (Å²) in [6.45, 7) is 12.0. The van der Waals surface area contributed by atoms with Gasteiger partial charge in [0.15, 0.2) is 5.96 Å². The molecule has 146 heavy (non-hydrogen) atoms. The minimum absolute atomic E-state index is 0.0706. The topological polar surface area (TPSA) is 832 Å². The number of nitrogens with zero attached hydrogens (tertiary/aromatic N) is 2. The number of aliphatic hydroxyl groups excluding tert-OH is 2. The zero-order chi connectivity index (χ0) is 108. The number of carbonyl (C=O) groups excluding carboxylic acids is 20. The number of carboxylic acids is 1. The predicted octanol–water partition coefficient (Wildman–Crippen LogP) is -7.42. The number of guanidine groups is 1. The third-order valence-electron chi connectivity index (χ3n) is 24.4. The Morgan fingerprint density at radius 1 is 0.562 bits per heavy atom. The summed E-state index contributed by atoms with van der Waals surface area (Å²) in [5, 5.41) is 94.7. The van der Waals surface area contributed by atoms with Crippen molar-refractivity contribution in [1.29, 1.82) is 5.41 Å². The summed E-state index contributed by atoms with van der Waals surface area (Å²) in [4.78, 5) is 309. The van der Waals surface area contributed by atoms with Crippen molar-refractivity contribution in [3.8, 4) is 5.75 Å². The number of para-hydroxylation sites is 1. The van der Waals surface area contributed by atoms with Gasteiger partial charge in [0.25, 0.3) is 0 Å². The monoisotopic (exact) mass is 2050 g/mol. The number of carbonyl (C=O) groups is 21. The van der Waals surface area contributed by atoms with E-state index in [2.05, 4.69) is 111 Å². The molecule has 17 atom stereocenters. The first kappa shape index (κ1) is 120. The Bertz CT molecular complexity index is 5210. The number of aliphatic hydroxyl groups is 2. The number of imidazole rings is 1. The van der Waals surface area contributed by atoms with Gasteiger partial charge in [-0.2, -0.15) is 0 Å². The van der Waals surface area contributed by atoms with Gasteiger partial charge in [-0.3, -0.25) is 101 Å². The third kappa shape index (κ3) is 38.6. The lowest BCUT2D eigenvalue weighted by Crippen LogP contribution is -2.62. The number of nitrogens with one attached hydrogen (secondary N) is 21. The van der Waals surface area contributed by atoms with Gasteiger partial charge in [-0.25, -0.2) is 9.78 Å². The second-order valence-corrected chi connectivity index (χ2v) is 37.6. The second-order valence-electron chi connectivity index (χ2n) is 37.6. The summed E-state index contributed by atoms with van der Waals surface area (Å²) in [5.74, 6) is -26.3. The van der Waals surface area contributed by atoms with E-state index in [4.69, 9.17) is 28.3 Å². The maximum Gasteiger partial charge on any atom is 0.326 e. The summed E-state index contributed by atoms with van der Waals surface area (Å²) < 4.78 is 0. The molecule has 0 spiro atoms. The molecule has 2 unspecified atom stereocenters. The van der Waals surface area contributed by atoms with Gasteiger partial charge in [0.05, 0.1) is 39.1 Å². The van der Waals surface area contributed by atoms with Crippen LogP contribution in [0.4, 0.5) is 0 Å². The van der Waals surface area contributed by atoms with E-state index in [9.17, 15) is 102 Å². The number of phenols is 1. The molecular weight excluding hydrogens is 1910 g/mol. The number of primary amides is 2.